The zero-order valence-corrected chi connectivity index (χ0v) is 11.1. The smallest absolute Gasteiger partial charge is 0.258 e. The van der Waals surface area contributed by atoms with E-state index in [9.17, 15) is 22.9 Å². The molecule has 0 bridgehead atoms. The number of benzene rings is 1. The lowest BCUT2D eigenvalue weighted by atomic mass is 10.3. The number of rotatable bonds is 6. The van der Waals surface area contributed by atoms with Crippen LogP contribution in [0, 0.1) is 15.9 Å². The van der Waals surface area contributed by atoms with Crippen molar-refractivity contribution in [3.63, 3.8) is 0 Å². The predicted octanol–water partition coefficient (Wildman–Crippen LogP) is 1.81. The Kier molecular flexibility index (Phi) is 5.40. The predicted molar refractivity (Wildman–Crippen MR) is 68.1 cm³/mol. The summed E-state index contributed by atoms with van der Waals surface area (Å²) in [5.74, 6) is -0.852. The molecule has 0 aliphatic heterocycles. The van der Waals surface area contributed by atoms with E-state index in [2.05, 4.69) is 4.72 Å². The minimum absolute atomic E-state index is 0.0137. The Hall–Kier alpha value is -1.51. The largest absolute Gasteiger partial charge is 0.306 e. The van der Waals surface area contributed by atoms with Crippen molar-refractivity contribution in [2.75, 3.05) is 12.4 Å². The Morgan fingerprint density at radius 3 is 2.68 bits per heavy atom. The molecule has 1 aromatic rings. The van der Waals surface area contributed by atoms with Gasteiger partial charge in [-0.25, -0.2) is 13.1 Å². The first kappa shape index (κ1) is 15.5. The van der Waals surface area contributed by atoms with Gasteiger partial charge >= 0.3 is 5.69 Å². The van der Waals surface area contributed by atoms with Crippen LogP contribution >= 0.6 is 11.6 Å². The molecule has 0 radical (unpaired) electrons. The quantitative estimate of drug-likeness (QED) is 0.375. The van der Waals surface area contributed by atoms with Gasteiger partial charge in [0.25, 0.3) is 0 Å². The summed E-state index contributed by atoms with van der Waals surface area (Å²) < 4.78 is 38.8. The summed E-state index contributed by atoms with van der Waals surface area (Å²) in [5, 5.41) is 10.5. The minimum atomic E-state index is -3.93. The molecule has 1 aromatic carbocycles. The number of alkyl halides is 1. The zero-order chi connectivity index (χ0) is 14.5. The van der Waals surface area contributed by atoms with Crippen molar-refractivity contribution in [3.8, 4) is 0 Å². The van der Waals surface area contributed by atoms with E-state index in [1.54, 1.807) is 0 Å². The Labute approximate surface area is 114 Å². The molecule has 0 amide bonds. The van der Waals surface area contributed by atoms with E-state index < -0.39 is 26.5 Å². The van der Waals surface area contributed by atoms with E-state index in [0.717, 1.165) is 12.1 Å². The number of nitro groups is 1. The Bertz CT molecular complexity index is 604. The lowest BCUT2D eigenvalue weighted by molar-refractivity contribution is -0.387. The molecule has 0 fully saturated rings. The lowest BCUT2D eigenvalue weighted by Crippen LogP contribution is -2.23. The maximum absolute atomic E-state index is 13.1. The normalized spacial score (nSPS) is 11.9. The summed E-state index contributed by atoms with van der Waals surface area (Å²) in [6.07, 6.45) is 3.03. The van der Waals surface area contributed by atoms with E-state index in [4.69, 9.17) is 11.6 Å². The van der Waals surface area contributed by atoms with Gasteiger partial charge in [-0.1, -0.05) is 12.2 Å². The van der Waals surface area contributed by atoms with Crippen LogP contribution in [0.15, 0.2) is 35.2 Å². The molecule has 1 rings (SSSR count). The average Bonchev–Trinajstić information content (AvgIpc) is 2.34. The summed E-state index contributed by atoms with van der Waals surface area (Å²) in [4.78, 5) is 9.17. The van der Waals surface area contributed by atoms with Gasteiger partial charge < -0.3 is 0 Å². The molecule has 9 heteroatoms. The molecule has 1 N–H and O–H groups in total. The van der Waals surface area contributed by atoms with Gasteiger partial charge in [-0.05, 0) is 12.1 Å². The molecule has 19 heavy (non-hydrogen) atoms. The number of nitro benzene ring substituents is 1. The average molecular weight is 309 g/mol. The molecule has 0 saturated heterocycles. The van der Waals surface area contributed by atoms with Crippen molar-refractivity contribution in [3.05, 3.63) is 46.3 Å². The molecule has 104 valence electrons. The minimum Gasteiger partial charge on any atom is -0.258 e. The van der Waals surface area contributed by atoms with Gasteiger partial charge in [0, 0.05) is 18.5 Å². The van der Waals surface area contributed by atoms with Crippen molar-refractivity contribution >= 4 is 27.3 Å². The highest BCUT2D eigenvalue weighted by Crippen LogP contribution is 2.21. The molecule has 0 heterocycles. The number of hydrogen-bond acceptors (Lipinski definition) is 4. The number of nitrogens with one attached hydrogen (secondary N) is 1. The second-order valence-electron chi connectivity index (χ2n) is 3.35. The van der Waals surface area contributed by atoms with Crippen LogP contribution in [0.3, 0.4) is 0 Å². The molecule has 0 atom stereocenters. The Morgan fingerprint density at radius 1 is 1.42 bits per heavy atom. The van der Waals surface area contributed by atoms with Crippen molar-refractivity contribution in [2.45, 2.75) is 4.90 Å². The molecule has 6 nitrogen and oxygen atoms in total. The summed E-state index contributed by atoms with van der Waals surface area (Å²) in [7, 11) is -3.93. The fraction of sp³-hybridized carbons (Fsp3) is 0.200. The van der Waals surface area contributed by atoms with E-state index in [0.29, 0.717) is 6.07 Å². The van der Waals surface area contributed by atoms with E-state index in [1.807, 2.05) is 0 Å². The van der Waals surface area contributed by atoms with Gasteiger partial charge in [0.15, 0.2) is 0 Å². The molecular formula is C10H10ClFN2O4S. The third-order valence-corrected chi connectivity index (χ3v) is 3.67. The number of allylic oxidation sites excluding steroid dienone is 1. The first-order chi connectivity index (χ1) is 8.88. The summed E-state index contributed by atoms with van der Waals surface area (Å²) in [6, 6.07) is 2.36. The van der Waals surface area contributed by atoms with Crippen molar-refractivity contribution < 1.29 is 17.7 Å². The van der Waals surface area contributed by atoms with Crippen LogP contribution in [-0.2, 0) is 10.0 Å². The van der Waals surface area contributed by atoms with E-state index in [1.165, 1.54) is 12.2 Å². The molecule has 0 spiro atoms. The zero-order valence-electron chi connectivity index (χ0n) is 9.55. The molecule has 0 saturated carbocycles. The lowest BCUT2D eigenvalue weighted by Gasteiger charge is -2.04. The third-order valence-electron chi connectivity index (χ3n) is 2.07. The molecule has 0 aliphatic rings. The van der Waals surface area contributed by atoms with Gasteiger partial charge in [-0.15, -0.1) is 11.6 Å². The molecule has 0 aromatic heterocycles. The second-order valence-corrected chi connectivity index (χ2v) is 5.42. The monoisotopic (exact) mass is 308 g/mol. The van der Waals surface area contributed by atoms with Gasteiger partial charge in [0.1, 0.15) is 0 Å². The van der Waals surface area contributed by atoms with Crippen molar-refractivity contribution in [2.24, 2.45) is 0 Å². The van der Waals surface area contributed by atoms with Crippen LogP contribution in [0.1, 0.15) is 0 Å². The van der Waals surface area contributed by atoms with Crippen LogP contribution in [0.25, 0.3) is 0 Å². The van der Waals surface area contributed by atoms with Crippen LogP contribution in [-0.4, -0.2) is 25.8 Å². The Morgan fingerprint density at radius 2 is 2.11 bits per heavy atom. The van der Waals surface area contributed by atoms with Gasteiger partial charge in [0.2, 0.25) is 15.8 Å². The number of sulfonamides is 1. The number of nitrogens with zero attached hydrogens (tertiary/aromatic N) is 1. The van der Waals surface area contributed by atoms with E-state index in [-0.39, 0.29) is 17.3 Å². The fourth-order valence-corrected chi connectivity index (χ4v) is 2.31. The van der Waals surface area contributed by atoms with Gasteiger partial charge in [-0.3, -0.25) is 10.1 Å². The molecule has 0 unspecified atom stereocenters. The maximum atomic E-state index is 13.1. The topological polar surface area (TPSA) is 89.3 Å². The van der Waals surface area contributed by atoms with Crippen LogP contribution in [0.2, 0.25) is 0 Å². The van der Waals surface area contributed by atoms with Gasteiger partial charge in [-0.2, -0.15) is 4.39 Å². The van der Waals surface area contributed by atoms with Gasteiger partial charge in [0.05, 0.1) is 9.82 Å². The van der Waals surface area contributed by atoms with Crippen LogP contribution in [0.5, 0.6) is 0 Å². The number of hydrogen-bond donors (Lipinski definition) is 1. The molecular weight excluding hydrogens is 299 g/mol. The van der Waals surface area contributed by atoms with Crippen molar-refractivity contribution in [1.82, 2.24) is 4.72 Å². The molecule has 0 aliphatic carbocycles. The summed E-state index contributed by atoms with van der Waals surface area (Å²) in [6.45, 7) is -0.0137. The summed E-state index contributed by atoms with van der Waals surface area (Å²) in [5.41, 5.74) is -0.890. The van der Waals surface area contributed by atoms with Crippen LogP contribution < -0.4 is 4.72 Å². The Balaban J connectivity index is 2.99. The fourth-order valence-electron chi connectivity index (χ4n) is 1.19. The summed E-state index contributed by atoms with van der Waals surface area (Å²) >= 11 is 5.36. The third kappa shape index (κ3) is 4.27. The standard InChI is InChI=1S/C10H10ClFN2O4S/c11-5-1-2-6-13-19(17,18)8-3-4-9(12)10(7-8)14(15)16/h1-4,7,13H,5-6H2/b2-1+. The maximum Gasteiger partial charge on any atom is 0.306 e. The first-order valence-corrected chi connectivity index (χ1v) is 7.05. The van der Waals surface area contributed by atoms with Crippen molar-refractivity contribution in [1.29, 1.82) is 0 Å². The highest BCUT2D eigenvalue weighted by molar-refractivity contribution is 7.89. The SMILES string of the molecule is O=[N+]([O-])c1cc(S(=O)(=O)NC/C=C/CCl)ccc1F. The van der Waals surface area contributed by atoms with Crippen LogP contribution in [0.4, 0.5) is 10.1 Å². The second kappa shape index (κ2) is 6.60. The first-order valence-electron chi connectivity index (χ1n) is 5.03. The highest BCUT2D eigenvalue weighted by Gasteiger charge is 2.20. The van der Waals surface area contributed by atoms with E-state index >= 15 is 0 Å². The highest BCUT2D eigenvalue weighted by atomic mass is 35.5. The number of halogens is 2.